The van der Waals surface area contributed by atoms with Gasteiger partial charge < -0.3 is 35.1 Å². The zero-order valence-corrected chi connectivity index (χ0v) is 53.2. The molecule has 0 aliphatic heterocycles. The standard InChI is InChI=1S/C61H113N9O6/c1-26-66(27-2)49(72)59(22,23)39-48(43-63)41-61(25,45(5)6)51(74)68(55(11,12)13)35-37-70(57(17,18)19)53(76)65-33-31-29-28-30-32-64-52(75)69(56(14,15)16)36-34-67(54(8,9)10)50(73)60(24,44(3)4)40-47(42-62)38-58(20,21)46(7)71/h44-45,47-48H,26-41H2,1-25H3,(H,64,75)(H,65,76). The zero-order valence-electron chi connectivity index (χ0n) is 53.2. The van der Waals surface area contributed by atoms with Crippen LogP contribution in [0.2, 0.25) is 0 Å². The van der Waals surface area contributed by atoms with Crippen molar-refractivity contribution in [1.82, 2.24) is 35.1 Å². The molecule has 0 rings (SSSR count). The molecule has 4 unspecified atom stereocenters. The highest BCUT2D eigenvalue weighted by atomic mass is 16.2. The second-order valence-electron chi connectivity index (χ2n) is 28.2. The largest absolute Gasteiger partial charge is 0.343 e. The highest BCUT2D eigenvalue weighted by Crippen LogP contribution is 2.43. The number of nitrogens with zero attached hydrogens (tertiary/aromatic N) is 7. The Morgan fingerprint density at radius 3 is 0.974 bits per heavy atom. The number of hydrogen-bond donors (Lipinski definition) is 2. The lowest BCUT2D eigenvalue weighted by molar-refractivity contribution is -0.151. The van der Waals surface area contributed by atoms with Gasteiger partial charge in [0.1, 0.15) is 5.78 Å². The number of ketones is 1. The molecule has 0 radical (unpaired) electrons. The molecule has 0 aliphatic rings. The summed E-state index contributed by atoms with van der Waals surface area (Å²) in [5.41, 5.74) is -5.46. The Kier molecular flexibility index (Phi) is 27.3. The Hall–Kier alpha value is -4.40. The van der Waals surface area contributed by atoms with Gasteiger partial charge in [0.05, 0.1) is 23.0 Å². The van der Waals surface area contributed by atoms with Gasteiger partial charge in [-0.15, -0.1) is 0 Å². The molecule has 0 aromatic rings. The van der Waals surface area contributed by atoms with E-state index in [-0.39, 0.29) is 47.4 Å². The van der Waals surface area contributed by atoms with E-state index in [0.29, 0.717) is 78.0 Å². The summed E-state index contributed by atoms with van der Waals surface area (Å²) >= 11 is 0. The van der Waals surface area contributed by atoms with Crippen molar-refractivity contribution in [3.8, 4) is 12.1 Å². The summed E-state index contributed by atoms with van der Waals surface area (Å²) in [6, 6.07) is 4.44. The molecule has 0 spiro atoms. The molecule has 0 aromatic heterocycles. The van der Waals surface area contributed by atoms with Gasteiger partial charge in [-0.2, -0.15) is 10.5 Å². The molecule has 0 saturated carbocycles. The van der Waals surface area contributed by atoms with Crippen molar-refractivity contribution in [2.24, 2.45) is 45.3 Å². The van der Waals surface area contributed by atoms with Crippen molar-refractivity contribution in [3.63, 3.8) is 0 Å². The van der Waals surface area contributed by atoms with Crippen molar-refractivity contribution in [2.75, 3.05) is 52.4 Å². The lowest BCUT2D eigenvalue weighted by Crippen LogP contribution is -2.58. The first-order valence-corrected chi connectivity index (χ1v) is 28.7. The minimum absolute atomic E-state index is 0.00777. The third kappa shape index (κ3) is 21.1. The van der Waals surface area contributed by atoms with Gasteiger partial charge in [-0.05, 0) is 154 Å². The lowest BCUT2D eigenvalue weighted by Gasteiger charge is -2.46. The van der Waals surface area contributed by atoms with Gasteiger partial charge in [0.2, 0.25) is 17.7 Å². The van der Waals surface area contributed by atoms with Crippen LogP contribution in [0.15, 0.2) is 0 Å². The van der Waals surface area contributed by atoms with Gasteiger partial charge in [-0.25, -0.2) is 9.59 Å². The third-order valence-electron chi connectivity index (χ3n) is 16.3. The molecular formula is C61H113N9O6. The van der Waals surface area contributed by atoms with E-state index in [4.69, 9.17) is 0 Å². The van der Waals surface area contributed by atoms with Gasteiger partial charge in [0.25, 0.3) is 0 Å². The van der Waals surface area contributed by atoms with E-state index in [1.165, 1.54) is 0 Å². The molecule has 0 fully saturated rings. The lowest BCUT2D eigenvalue weighted by atomic mass is 9.68. The van der Waals surface area contributed by atoms with Crippen LogP contribution in [0.1, 0.15) is 224 Å². The topological polar surface area (TPSA) is 190 Å². The number of rotatable bonds is 29. The highest BCUT2D eigenvalue weighted by molar-refractivity contribution is 5.85. The summed E-state index contributed by atoms with van der Waals surface area (Å²) in [5, 5.41) is 26.9. The maximum absolute atomic E-state index is 14.9. The molecule has 438 valence electrons. The van der Waals surface area contributed by atoms with Crippen LogP contribution in [0.5, 0.6) is 0 Å². The molecule has 15 heteroatoms. The van der Waals surface area contributed by atoms with E-state index >= 15 is 0 Å². The predicted octanol–water partition coefficient (Wildman–Crippen LogP) is 12.1. The molecular weight excluding hydrogens is 955 g/mol. The average Bonchev–Trinajstić information content (AvgIpc) is 3.27. The smallest absolute Gasteiger partial charge is 0.317 e. The molecule has 76 heavy (non-hydrogen) atoms. The van der Waals surface area contributed by atoms with Crippen molar-refractivity contribution in [1.29, 1.82) is 10.5 Å². The van der Waals surface area contributed by atoms with E-state index in [0.717, 1.165) is 25.7 Å². The first-order chi connectivity index (χ1) is 34.4. The highest BCUT2D eigenvalue weighted by Gasteiger charge is 2.48. The number of carbonyl (C=O) groups excluding carboxylic acids is 6. The first-order valence-electron chi connectivity index (χ1n) is 28.7. The predicted molar refractivity (Wildman–Crippen MR) is 310 cm³/mol. The van der Waals surface area contributed by atoms with Crippen LogP contribution in [0.4, 0.5) is 9.59 Å². The summed E-state index contributed by atoms with van der Waals surface area (Å²) in [5.74, 6) is -1.31. The monoisotopic (exact) mass is 1070 g/mol. The Balaban J connectivity index is 5.81. The van der Waals surface area contributed by atoms with Crippen LogP contribution in [-0.4, -0.2) is 135 Å². The van der Waals surface area contributed by atoms with Crippen LogP contribution in [-0.2, 0) is 19.2 Å². The number of nitrogens with one attached hydrogen (secondary N) is 2. The van der Waals surface area contributed by atoms with E-state index in [1.54, 1.807) is 21.6 Å². The summed E-state index contributed by atoms with van der Waals surface area (Å²) in [6.45, 7) is 52.1. The summed E-state index contributed by atoms with van der Waals surface area (Å²) < 4.78 is 0. The molecule has 15 nitrogen and oxygen atoms in total. The number of urea groups is 2. The molecule has 0 aliphatic carbocycles. The quantitative estimate of drug-likeness (QED) is 0.0692. The Bertz CT molecular complexity index is 1990. The van der Waals surface area contributed by atoms with E-state index in [9.17, 15) is 39.3 Å². The Morgan fingerprint density at radius 1 is 0.434 bits per heavy atom. The first kappa shape index (κ1) is 71.6. The van der Waals surface area contributed by atoms with Gasteiger partial charge in [0, 0.05) is 97.2 Å². The molecule has 0 heterocycles. The minimum Gasteiger partial charge on any atom is -0.343 e. The van der Waals surface area contributed by atoms with Crippen molar-refractivity contribution < 1.29 is 28.8 Å². The van der Waals surface area contributed by atoms with Gasteiger partial charge in [-0.1, -0.05) is 82.1 Å². The average molecular weight is 1070 g/mol. The summed E-state index contributed by atoms with van der Waals surface area (Å²) in [4.78, 5) is 92.2. The van der Waals surface area contributed by atoms with Crippen LogP contribution >= 0.6 is 0 Å². The SMILES string of the molecule is CCN(CC)C(=O)C(C)(C)CC(C#N)CC(C)(C(=O)N(CCN(C(=O)NCCCCCCNC(=O)N(CCN(C(=O)C(C)(CC(C#N)CC(C)(C)C(C)=O)C(C)C)C(C)(C)C)C(C)(C)C)C(C)(C)C)C(C)(C)C)C(C)C. The molecule has 2 N–H and O–H groups in total. The number of hydrogen-bond acceptors (Lipinski definition) is 8. The van der Waals surface area contributed by atoms with E-state index < -0.39 is 55.7 Å². The fraction of sp³-hybridized carbons (Fsp3) is 0.869. The summed E-state index contributed by atoms with van der Waals surface area (Å²) in [7, 11) is 0. The molecule has 0 saturated heterocycles. The van der Waals surface area contributed by atoms with Gasteiger partial charge >= 0.3 is 12.1 Å². The molecule has 4 atom stereocenters. The maximum atomic E-state index is 14.9. The van der Waals surface area contributed by atoms with Crippen LogP contribution in [0.3, 0.4) is 0 Å². The number of Topliss-reactive ketones (excluding diaryl/α,β-unsaturated/α-hetero) is 1. The van der Waals surface area contributed by atoms with Crippen molar-refractivity contribution in [3.05, 3.63) is 0 Å². The third-order valence-corrected chi connectivity index (χ3v) is 16.3. The number of nitriles is 2. The van der Waals surface area contributed by atoms with Crippen LogP contribution < -0.4 is 10.6 Å². The minimum atomic E-state index is -0.903. The molecule has 0 aromatic carbocycles. The Labute approximate surface area is 464 Å². The second-order valence-corrected chi connectivity index (χ2v) is 28.2. The van der Waals surface area contributed by atoms with E-state index in [2.05, 4.69) is 22.8 Å². The number of unbranched alkanes of at least 4 members (excludes halogenated alkanes) is 3. The normalized spacial score (nSPS) is 15.1. The van der Waals surface area contributed by atoms with Crippen molar-refractivity contribution in [2.45, 2.75) is 247 Å². The van der Waals surface area contributed by atoms with Gasteiger partial charge in [-0.3, -0.25) is 19.2 Å². The number of carbonyl (C=O) groups is 6. The molecule has 7 amide bonds. The molecule has 0 bridgehead atoms. The fourth-order valence-corrected chi connectivity index (χ4v) is 10.1. The zero-order chi connectivity index (χ0) is 59.8. The van der Waals surface area contributed by atoms with Crippen molar-refractivity contribution >= 4 is 35.6 Å². The van der Waals surface area contributed by atoms with Gasteiger partial charge in [0.15, 0.2) is 0 Å². The van der Waals surface area contributed by atoms with E-state index in [1.807, 2.05) is 176 Å². The van der Waals surface area contributed by atoms with Crippen LogP contribution in [0, 0.1) is 68.0 Å². The Morgan fingerprint density at radius 2 is 0.724 bits per heavy atom. The number of amides is 7. The summed E-state index contributed by atoms with van der Waals surface area (Å²) in [6.07, 6.45) is 4.53. The fourth-order valence-electron chi connectivity index (χ4n) is 10.1. The second kappa shape index (κ2) is 29.0. The van der Waals surface area contributed by atoms with Crippen LogP contribution in [0.25, 0.3) is 0 Å². The maximum Gasteiger partial charge on any atom is 0.317 e.